The Bertz CT molecular complexity index is 3000. The molecule has 0 aliphatic heterocycles. The summed E-state index contributed by atoms with van der Waals surface area (Å²) < 4.78 is 0. The van der Waals surface area contributed by atoms with Crippen LogP contribution in [-0.4, -0.2) is 19.9 Å². The van der Waals surface area contributed by atoms with E-state index in [0.29, 0.717) is 11.6 Å². The van der Waals surface area contributed by atoms with E-state index < -0.39 is 0 Å². The fraction of sp³-hybridized carbons (Fsp3) is 0. The van der Waals surface area contributed by atoms with Gasteiger partial charge in [-0.15, -0.1) is 0 Å². The average Bonchev–Trinajstić information content (AvgIpc) is 3.29. The summed E-state index contributed by atoms with van der Waals surface area (Å²) in [5.41, 5.74) is 13.1. The van der Waals surface area contributed by atoms with Crippen molar-refractivity contribution in [3.05, 3.63) is 206 Å². The summed E-state index contributed by atoms with van der Waals surface area (Å²) in [6, 6.07) is 71.6. The average molecular weight is 715 g/mol. The Morgan fingerprint density at radius 1 is 0.250 bits per heavy atom. The molecule has 2 heterocycles. The second kappa shape index (κ2) is 14.3. The highest BCUT2D eigenvalue weighted by Crippen LogP contribution is 2.36. The molecule has 0 radical (unpaired) electrons. The van der Waals surface area contributed by atoms with Crippen molar-refractivity contribution >= 4 is 21.7 Å². The Morgan fingerprint density at radius 3 is 1.43 bits per heavy atom. The first-order valence-corrected chi connectivity index (χ1v) is 18.8. The van der Waals surface area contributed by atoms with Crippen molar-refractivity contribution in [1.29, 1.82) is 0 Å². The van der Waals surface area contributed by atoms with Gasteiger partial charge in [-0.05, 0) is 58.0 Å². The molecule has 56 heavy (non-hydrogen) atoms. The molecular weight excluding hydrogens is 681 g/mol. The van der Waals surface area contributed by atoms with E-state index in [1.165, 1.54) is 5.56 Å². The Morgan fingerprint density at radius 2 is 0.732 bits per heavy atom. The van der Waals surface area contributed by atoms with Gasteiger partial charge in [-0.1, -0.05) is 176 Å². The summed E-state index contributed by atoms with van der Waals surface area (Å²) >= 11 is 0. The van der Waals surface area contributed by atoms with Crippen LogP contribution in [0.25, 0.3) is 100 Å². The van der Waals surface area contributed by atoms with E-state index in [0.717, 1.165) is 83.3 Å². The Labute approximate surface area is 325 Å². The predicted octanol–water partition coefficient (Wildman–Crippen LogP) is 13.2. The molecule has 0 saturated heterocycles. The summed E-state index contributed by atoms with van der Waals surface area (Å²) in [6.07, 6.45) is 0. The number of nitrogens with zero attached hydrogens (tertiary/aromatic N) is 4. The van der Waals surface area contributed by atoms with Gasteiger partial charge in [-0.2, -0.15) is 0 Å². The first kappa shape index (κ1) is 33.0. The second-order valence-corrected chi connectivity index (χ2v) is 13.9. The van der Waals surface area contributed by atoms with Gasteiger partial charge in [-0.25, -0.2) is 19.9 Å². The molecule has 0 aliphatic rings. The third kappa shape index (κ3) is 6.40. The number of hydrogen-bond acceptors (Lipinski definition) is 4. The van der Waals surface area contributed by atoms with Crippen molar-refractivity contribution in [2.24, 2.45) is 0 Å². The molecule has 0 aliphatic carbocycles. The van der Waals surface area contributed by atoms with Crippen LogP contribution in [0.4, 0.5) is 0 Å². The molecule has 4 nitrogen and oxygen atoms in total. The molecular formula is C52H34N4. The van der Waals surface area contributed by atoms with Crippen LogP contribution in [0.15, 0.2) is 206 Å². The predicted molar refractivity (Wildman–Crippen MR) is 231 cm³/mol. The highest BCUT2D eigenvalue weighted by Gasteiger charge is 2.16. The fourth-order valence-corrected chi connectivity index (χ4v) is 7.43. The maximum atomic E-state index is 5.23. The summed E-state index contributed by atoms with van der Waals surface area (Å²) in [7, 11) is 0. The lowest BCUT2D eigenvalue weighted by Gasteiger charge is -2.13. The second-order valence-electron chi connectivity index (χ2n) is 13.9. The molecule has 262 valence electrons. The van der Waals surface area contributed by atoms with Gasteiger partial charge >= 0.3 is 0 Å². The summed E-state index contributed by atoms with van der Waals surface area (Å²) in [4.78, 5) is 20.7. The highest BCUT2D eigenvalue weighted by atomic mass is 14.9. The lowest BCUT2D eigenvalue weighted by Crippen LogP contribution is -1.97. The molecule has 0 amide bonds. The zero-order valence-corrected chi connectivity index (χ0v) is 30.4. The van der Waals surface area contributed by atoms with Gasteiger partial charge in [0.15, 0.2) is 11.6 Å². The molecule has 0 saturated carbocycles. The van der Waals surface area contributed by atoms with Crippen LogP contribution >= 0.6 is 0 Å². The minimum Gasteiger partial charge on any atom is -0.228 e. The number of aromatic nitrogens is 4. The van der Waals surface area contributed by atoms with Gasteiger partial charge in [0.1, 0.15) is 0 Å². The van der Waals surface area contributed by atoms with E-state index in [1.54, 1.807) is 0 Å². The third-order valence-electron chi connectivity index (χ3n) is 10.3. The molecule has 0 spiro atoms. The normalized spacial score (nSPS) is 11.2. The van der Waals surface area contributed by atoms with E-state index in [9.17, 15) is 0 Å². The minimum atomic E-state index is 0.673. The van der Waals surface area contributed by atoms with Crippen molar-refractivity contribution in [2.45, 2.75) is 0 Å². The standard InChI is InChI=1S/C52H34N4/c1-5-15-35(16-6-1)40-23-13-25-43(31-40)48-34-47(37-17-7-2-8-18-37)53-52(54-48)44-26-14-24-41(32-44)42-28-27-36-29-30-45-49(38-19-9-3-10-20-38)55-51(39-21-11-4-12-22-39)56-50(45)46(36)33-42/h1-34H. The molecule has 0 N–H and O–H groups in total. The summed E-state index contributed by atoms with van der Waals surface area (Å²) in [5.74, 6) is 1.38. The molecule has 0 atom stereocenters. The van der Waals surface area contributed by atoms with Crippen LogP contribution in [-0.2, 0) is 0 Å². The van der Waals surface area contributed by atoms with E-state index >= 15 is 0 Å². The molecule has 0 fully saturated rings. The van der Waals surface area contributed by atoms with E-state index in [4.69, 9.17) is 19.9 Å². The summed E-state index contributed by atoms with van der Waals surface area (Å²) in [6.45, 7) is 0. The van der Waals surface area contributed by atoms with Gasteiger partial charge in [0.05, 0.1) is 22.6 Å². The maximum Gasteiger partial charge on any atom is 0.160 e. The van der Waals surface area contributed by atoms with Crippen molar-refractivity contribution in [2.75, 3.05) is 0 Å². The zero-order valence-electron chi connectivity index (χ0n) is 30.4. The smallest absolute Gasteiger partial charge is 0.160 e. The SMILES string of the molecule is c1ccc(-c2cccc(-c3cc(-c4ccccc4)nc(-c4cccc(-c5ccc6ccc7c(-c8ccccc8)nc(-c8ccccc8)nc7c6c5)c4)n3)c2)cc1. The van der Waals surface area contributed by atoms with Crippen LogP contribution in [0.2, 0.25) is 0 Å². The fourth-order valence-electron chi connectivity index (χ4n) is 7.43. The van der Waals surface area contributed by atoms with Crippen LogP contribution in [0, 0.1) is 0 Å². The molecule has 10 rings (SSSR count). The van der Waals surface area contributed by atoms with Crippen LogP contribution in [0.5, 0.6) is 0 Å². The largest absolute Gasteiger partial charge is 0.228 e. The van der Waals surface area contributed by atoms with Gasteiger partial charge in [0, 0.05) is 38.6 Å². The maximum absolute atomic E-state index is 5.23. The minimum absolute atomic E-state index is 0.673. The Hall–Kier alpha value is -7.56. The van der Waals surface area contributed by atoms with Gasteiger partial charge in [0.25, 0.3) is 0 Å². The molecule has 4 heteroatoms. The van der Waals surface area contributed by atoms with Crippen LogP contribution in [0.3, 0.4) is 0 Å². The first-order chi connectivity index (χ1) is 27.7. The highest BCUT2D eigenvalue weighted by molar-refractivity contribution is 6.10. The molecule has 8 aromatic carbocycles. The zero-order chi connectivity index (χ0) is 37.3. The van der Waals surface area contributed by atoms with Crippen molar-refractivity contribution in [1.82, 2.24) is 19.9 Å². The topological polar surface area (TPSA) is 51.6 Å². The Balaban J connectivity index is 1.11. The molecule has 2 aromatic heterocycles. The van der Waals surface area contributed by atoms with E-state index in [-0.39, 0.29) is 0 Å². The van der Waals surface area contributed by atoms with E-state index in [2.05, 4.69) is 158 Å². The Kier molecular flexibility index (Phi) is 8.47. The van der Waals surface area contributed by atoms with Gasteiger partial charge in [-0.3, -0.25) is 0 Å². The summed E-state index contributed by atoms with van der Waals surface area (Å²) in [5, 5.41) is 3.21. The van der Waals surface area contributed by atoms with E-state index in [1.807, 2.05) is 48.5 Å². The molecule has 10 aromatic rings. The lowest BCUT2D eigenvalue weighted by atomic mass is 9.96. The quantitative estimate of drug-likeness (QED) is 0.154. The number of benzene rings is 8. The number of rotatable bonds is 7. The monoisotopic (exact) mass is 714 g/mol. The number of fused-ring (bicyclic) bond motifs is 3. The number of hydrogen-bond donors (Lipinski definition) is 0. The molecule has 0 bridgehead atoms. The van der Waals surface area contributed by atoms with Crippen LogP contribution < -0.4 is 0 Å². The van der Waals surface area contributed by atoms with Gasteiger partial charge in [0.2, 0.25) is 0 Å². The van der Waals surface area contributed by atoms with Crippen molar-refractivity contribution < 1.29 is 0 Å². The molecule has 0 unspecified atom stereocenters. The lowest BCUT2D eigenvalue weighted by molar-refractivity contribution is 1.18. The van der Waals surface area contributed by atoms with Gasteiger partial charge < -0.3 is 0 Å². The van der Waals surface area contributed by atoms with Crippen molar-refractivity contribution in [3.63, 3.8) is 0 Å². The van der Waals surface area contributed by atoms with Crippen molar-refractivity contribution in [3.8, 4) is 78.8 Å². The van der Waals surface area contributed by atoms with Crippen LogP contribution in [0.1, 0.15) is 0 Å². The first-order valence-electron chi connectivity index (χ1n) is 18.8. The third-order valence-corrected chi connectivity index (χ3v) is 10.3.